The van der Waals surface area contributed by atoms with E-state index in [-0.39, 0.29) is 43.2 Å². The van der Waals surface area contributed by atoms with Crippen molar-refractivity contribution in [3.05, 3.63) is 11.6 Å². The van der Waals surface area contributed by atoms with E-state index in [1.807, 2.05) is 6.92 Å². The molecule has 10 atom stereocenters. The first-order chi connectivity index (χ1) is 17.0. The maximum atomic E-state index is 14.1. The number of carbonyl (C=O) groups excluding carboxylic acids is 2. The molecule has 0 aromatic heterocycles. The maximum absolute atomic E-state index is 14.1. The minimum absolute atomic E-state index is 0.000281. The molecule has 0 radical (unpaired) electrons. The summed E-state index contributed by atoms with van der Waals surface area (Å²) in [5, 5.41) is 28.6. The van der Waals surface area contributed by atoms with Crippen LogP contribution in [0.25, 0.3) is 0 Å². The van der Waals surface area contributed by atoms with Gasteiger partial charge in [-0.2, -0.15) is 0 Å². The highest BCUT2D eigenvalue weighted by Crippen LogP contribution is 2.58. The number of aliphatic carboxylic acids is 1. The molecule has 202 valence electrons. The summed E-state index contributed by atoms with van der Waals surface area (Å²) in [6, 6.07) is 0. The van der Waals surface area contributed by atoms with Crippen LogP contribution in [0.1, 0.15) is 59.8 Å². The van der Waals surface area contributed by atoms with Crippen LogP contribution in [-0.2, 0) is 28.6 Å². The predicted octanol–water partition coefficient (Wildman–Crippen LogP) is 2.12. The number of Topliss-reactive ketones (excluding diaryl/α,β-unsaturated/α-hetero) is 1. The van der Waals surface area contributed by atoms with E-state index in [2.05, 4.69) is 13.8 Å². The zero-order chi connectivity index (χ0) is 26.4. The molecule has 9 nitrogen and oxygen atoms in total. The standard InChI is InChI=1S/C27H40O9/c1-14-6-5-7-17-9-19(23(31)32)16(3)10-27(17)24-26(4,25(33)36-27)22(30)20(13-34-12-18(29)11-28)21(35-24)15(2)8-14/h9,14-18,20-21,24,28-29H,5-8,10-13H2,1-4H3,(H,31,32)/t14-,15-,16+,17+,18?,20+,21-,24-,26+,27+/m1/s1. The molecule has 4 aliphatic rings. The summed E-state index contributed by atoms with van der Waals surface area (Å²) in [7, 11) is 0. The van der Waals surface area contributed by atoms with E-state index in [1.165, 1.54) is 0 Å². The second kappa shape index (κ2) is 10.2. The number of rotatable bonds is 6. The summed E-state index contributed by atoms with van der Waals surface area (Å²) < 4.78 is 18.6. The van der Waals surface area contributed by atoms with E-state index < -0.39 is 53.8 Å². The van der Waals surface area contributed by atoms with Gasteiger partial charge in [0.25, 0.3) is 0 Å². The lowest BCUT2D eigenvalue weighted by molar-refractivity contribution is -0.207. The Balaban J connectivity index is 1.77. The van der Waals surface area contributed by atoms with Crippen molar-refractivity contribution in [1.29, 1.82) is 0 Å². The first-order valence-corrected chi connectivity index (χ1v) is 13.2. The Hall–Kier alpha value is -1.81. The van der Waals surface area contributed by atoms with E-state index >= 15 is 0 Å². The van der Waals surface area contributed by atoms with Gasteiger partial charge in [-0.15, -0.1) is 0 Å². The van der Waals surface area contributed by atoms with Gasteiger partial charge >= 0.3 is 11.9 Å². The van der Waals surface area contributed by atoms with Crippen LogP contribution >= 0.6 is 0 Å². The number of carboxylic acid groups (broad SMARTS) is 1. The number of esters is 1. The zero-order valence-electron chi connectivity index (χ0n) is 21.6. The van der Waals surface area contributed by atoms with Gasteiger partial charge in [0.15, 0.2) is 11.2 Å². The van der Waals surface area contributed by atoms with Crippen LogP contribution in [0.3, 0.4) is 0 Å². The van der Waals surface area contributed by atoms with Crippen molar-refractivity contribution in [3.8, 4) is 0 Å². The highest BCUT2D eigenvalue weighted by molar-refractivity contribution is 6.08. The molecule has 0 aromatic carbocycles. The Kier molecular flexibility index (Phi) is 7.68. The molecule has 3 heterocycles. The molecule has 0 aromatic rings. The summed E-state index contributed by atoms with van der Waals surface area (Å²) in [6.07, 6.45) is 2.89. The van der Waals surface area contributed by atoms with Gasteiger partial charge < -0.3 is 29.5 Å². The summed E-state index contributed by atoms with van der Waals surface area (Å²) in [5.41, 5.74) is -2.32. The number of carbonyl (C=O) groups is 3. The van der Waals surface area contributed by atoms with Crippen molar-refractivity contribution >= 4 is 17.7 Å². The van der Waals surface area contributed by atoms with Crippen LogP contribution in [-0.4, -0.2) is 76.8 Å². The number of hydrogen-bond acceptors (Lipinski definition) is 8. The first kappa shape index (κ1) is 27.2. The third-order valence-corrected chi connectivity index (χ3v) is 8.99. The number of hydrogen-bond donors (Lipinski definition) is 3. The van der Waals surface area contributed by atoms with Gasteiger partial charge in [0.05, 0.1) is 31.8 Å². The lowest BCUT2D eigenvalue weighted by Gasteiger charge is -2.50. The average molecular weight is 509 g/mol. The summed E-state index contributed by atoms with van der Waals surface area (Å²) in [4.78, 5) is 39.6. The third-order valence-electron chi connectivity index (χ3n) is 8.99. The van der Waals surface area contributed by atoms with Crippen LogP contribution in [0.15, 0.2) is 11.6 Å². The van der Waals surface area contributed by atoms with Gasteiger partial charge in [-0.3, -0.25) is 9.59 Å². The van der Waals surface area contributed by atoms with E-state index in [0.717, 1.165) is 19.3 Å². The monoisotopic (exact) mass is 508 g/mol. The SMILES string of the molecule is C[C@@H]1CCC[C@H]2C=C(C(=O)O)[C@@H](C)C[C@]23OC(=O)[C@@]2(C)C(=O)[C@@H](COCC(O)CO)[C@H](O[C@H]23)[C@H](C)C1. The minimum Gasteiger partial charge on any atom is -0.478 e. The lowest BCUT2D eigenvalue weighted by Crippen LogP contribution is -2.64. The molecule has 3 fully saturated rings. The van der Waals surface area contributed by atoms with Gasteiger partial charge in [-0.1, -0.05) is 39.7 Å². The smallest absolute Gasteiger partial charge is 0.331 e. The maximum Gasteiger partial charge on any atom is 0.331 e. The van der Waals surface area contributed by atoms with Crippen LogP contribution in [0.4, 0.5) is 0 Å². The predicted molar refractivity (Wildman–Crippen MR) is 128 cm³/mol. The summed E-state index contributed by atoms with van der Waals surface area (Å²) in [6.45, 7) is 7.01. The van der Waals surface area contributed by atoms with Crippen LogP contribution < -0.4 is 0 Å². The van der Waals surface area contributed by atoms with Gasteiger partial charge in [0.2, 0.25) is 0 Å². The van der Waals surface area contributed by atoms with Crippen LogP contribution in [0, 0.1) is 35.0 Å². The molecule has 36 heavy (non-hydrogen) atoms. The Labute approximate surface area is 212 Å². The molecule has 9 heteroatoms. The molecule has 2 bridgehead atoms. The molecule has 3 aliphatic heterocycles. The van der Waals surface area contributed by atoms with Crippen LogP contribution in [0.2, 0.25) is 0 Å². The topological polar surface area (TPSA) is 140 Å². The minimum atomic E-state index is -1.54. The number of fused-ring (bicyclic) bond motifs is 1. The van der Waals surface area contributed by atoms with Crippen molar-refractivity contribution in [2.45, 2.75) is 83.7 Å². The largest absolute Gasteiger partial charge is 0.478 e. The number of ether oxygens (including phenoxy) is 3. The van der Waals surface area contributed by atoms with Crippen LogP contribution in [0.5, 0.6) is 0 Å². The van der Waals surface area contributed by atoms with E-state index in [0.29, 0.717) is 17.9 Å². The van der Waals surface area contributed by atoms with Crippen molar-refractivity contribution in [1.82, 2.24) is 0 Å². The highest BCUT2D eigenvalue weighted by atomic mass is 16.6. The molecule has 4 rings (SSSR count). The van der Waals surface area contributed by atoms with Crippen molar-refractivity contribution in [2.75, 3.05) is 19.8 Å². The zero-order valence-corrected chi connectivity index (χ0v) is 21.6. The number of carboxylic acids is 1. The molecule has 0 amide bonds. The fraction of sp³-hybridized carbons (Fsp3) is 0.815. The lowest BCUT2D eigenvalue weighted by atomic mass is 9.60. The Morgan fingerprint density at radius 3 is 2.64 bits per heavy atom. The molecular weight excluding hydrogens is 468 g/mol. The van der Waals surface area contributed by atoms with E-state index in [1.54, 1.807) is 13.0 Å². The number of ketones is 1. The molecule has 3 saturated heterocycles. The van der Waals surface area contributed by atoms with E-state index in [9.17, 15) is 24.6 Å². The molecule has 3 N–H and O–H groups in total. The highest BCUT2D eigenvalue weighted by Gasteiger charge is 2.73. The third kappa shape index (κ3) is 4.42. The molecular formula is C27H40O9. The van der Waals surface area contributed by atoms with Crippen molar-refractivity contribution in [2.24, 2.45) is 35.0 Å². The Morgan fingerprint density at radius 2 is 1.97 bits per heavy atom. The van der Waals surface area contributed by atoms with Crippen molar-refractivity contribution in [3.63, 3.8) is 0 Å². The fourth-order valence-electron chi connectivity index (χ4n) is 7.14. The quantitative estimate of drug-likeness (QED) is 0.364. The first-order valence-electron chi connectivity index (χ1n) is 13.2. The normalized spacial score (nSPS) is 43.6. The van der Waals surface area contributed by atoms with Crippen molar-refractivity contribution < 1.29 is 43.9 Å². The number of aliphatic hydroxyl groups is 2. The van der Waals surface area contributed by atoms with Gasteiger partial charge in [-0.25, -0.2) is 4.79 Å². The van der Waals surface area contributed by atoms with Gasteiger partial charge in [-0.05, 0) is 43.9 Å². The fourth-order valence-corrected chi connectivity index (χ4v) is 7.14. The Morgan fingerprint density at radius 1 is 1.25 bits per heavy atom. The van der Waals surface area contributed by atoms with Gasteiger partial charge in [0.1, 0.15) is 17.8 Å². The van der Waals surface area contributed by atoms with Gasteiger partial charge in [0, 0.05) is 11.5 Å². The second-order valence-electron chi connectivity index (χ2n) is 11.8. The summed E-state index contributed by atoms with van der Waals surface area (Å²) in [5.74, 6) is -2.98. The molecule has 1 spiro atoms. The molecule has 0 saturated carbocycles. The second-order valence-corrected chi connectivity index (χ2v) is 11.8. The Bertz CT molecular complexity index is 915. The molecule has 1 aliphatic carbocycles. The molecule has 1 unspecified atom stereocenters. The van der Waals surface area contributed by atoms with E-state index in [4.69, 9.17) is 19.3 Å². The average Bonchev–Trinajstić information content (AvgIpc) is 3.02. The summed E-state index contributed by atoms with van der Waals surface area (Å²) >= 11 is 0. The number of aliphatic hydroxyl groups excluding tert-OH is 2.